The number of halogens is 3. The topological polar surface area (TPSA) is 34.5 Å². The van der Waals surface area contributed by atoms with Gasteiger partial charge in [-0.1, -0.05) is 24.3 Å². The van der Waals surface area contributed by atoms with E-state index >= 15 is 0 Å². The van der Waals surface area contributed by atoms with Crippen LogP contribution >= 0.6 is 15.9 Å². The maximum absolute atomic E-state index is 13.1. The van der Waals surface area contributed by atoms with E-state index in [0.717, 1.165) is 15.6 Å². The van der Waals surface area contributed by atoms with Crippen LogP contribution in [0.25, 0.3) is 21.6 Å². The van der Waals surface area contributed by atoms with Crippen LogP contribution in [0.1, 0.15) is 12.2 Å². The summed E-state index contributed by atoms with van der Waals surface area (Å²) in [5, 5.41) is 8.21. The lowest BCUT2D eigenvalue weighted by molar-refractivity contribution is 0.0984. The van der Waals surface area contributed by atoms with Gasteiger partial charge in [-0.05, 0) is 27.6 Å². The Bertz CT molecular complexity index is 973. The Morgan fingerprint density at radius 2 is 1.96 bits per heavy atom. The Hall–Kier alpha value is -2.33. The number of fused-ring (bicyclic) bond motifs is 1. The Morgan fingerprint density at radius 1 is 1.25 bits per heavy atom. The first-order valence-electron chi connectivity index (χ1n) is 7.37. The molecular weight excluding hydrogens is 378 g/mol. The zero-order chi connectivity index (χ0) is 16.9. The van der Waals surface area contributed by atoms with Gasteiger partial charge in [0.05, 0.1) is 11.0 Å². The molecule has 1 fully saturated rings. The fourth-order valence-corrected chi connectivity index (χ4v) is 3.39. The SMILES string of the molecule is [C-]#[N+]c1ccc(-c2ccn3c(CC4CC4(F)F)nnc3c2Br)cc1. The number of hydrogen-bond acceptors (Lipinski definition) is 2. The van der Waals surface area contributed by atoms with Crippen molar-refractivity contribution in [1.29, 1.82) is 0 Å². The van der Waals surface area contributed by atoms with Gasteiger partial charge in [-0.25, -0.2) is 13.6 Å². The Balaban J connectivity index is 1.72. The average molecular weight is 389 g/mol. The summed E-state index contributed by atoms with van der Waals surface area (Å²) < 4.78 is 28.8. The molecule has 1 aliphatic carbocycles. The molecule has 1 atom stereocenters. The highest BCUT2D eigenvalue weighted by Gasteiger charge is 2.56. The molecule has 24 heavy (non-hydrogen) atoms. The van der Waals surface area contributed by atoms with Gasteiger partial charge in [-0.15, -0.1) is 10.2 Å². The molecule has 0 N–H and O–H groups in total. The lowest BCUT2D eigenvalue weighted by Crippen LogP contribution is -2.02. The third-order valence-corrected chi connectivity index (χ3v) is 5.06. The standard InChI is InChI=1S/C17H11BrF2N4/c1-21-12-4-2-10(3-5-12)13-6-7-24-14(8-11-9-17(11,19)20)22-23-16(24)15(13)18/h2-7,11H,8-9H2. The van der Waals surface area contributed by atoms with Crippen molar-refractivity contribution in [3.63, 3.8) is 0 Å². The first-order valence-corrected chi connectivity index (χ1v) is 8.17. The number of alkyl halides is 2. The molecule has 1 aliphatic rings. The third kappa shape index (κ3) is 2.47. The summed E-state index contributed by atoms with van der Waals surface area (Å²) in [5.41, 5.74) is 3.02. The number of pyridine rings is 1. The van der Waals surface area contributed by atoms with E-state index < -0.39 is 11.8 Å². The second-order valence-electron chi connectivity index (χ2n) is 5.88. The van der Waals surface area contributed by atoms with Crippen LogP contribution in [0.15, 0.2) is 41.0 Å². The van der Waals surface area contributed by atoms with E-state index in [0.29, 0.717) is 17.2 Å². The average Bonchev–Trinajstić information content (AvgIpc) is 2.98. The zero-order valence-corrected chi connectivity index (χ0v) is 14.0. The molecule has 4 rings (SSSR count). The van der Waals surface area contributed by atoms with Crippen molar-refractivity contribution in [2.75, 3.05) is 0 Å². The van der Waals surface area contributed by atoms with Crippen molar-refractivity contribution in [3.8, 4) is 11.1 Å². The van der Waals surface area contributed by atoms with E-state index in [1.54, 1.807) is 22.7 Å². The zero-order valence-electron chi connectivity index (χ0n) is 12.4. The summed E-state index contributed by atoms with van der Waals surface area (Å²) in [4.78, 5) is 3.38. The first-order chi connectivity index (χ1) is 11.5. The second-order valence-corrected chi connectivity index (χ2v) is 6.67. The van der Waals surface area contributed by atoms with Gasteiger partial charge in [0.15, 0.2) is 11.3 Å². The molecule has 1 saturated carbocycles. The molecule has 7 heteroatoms. The summed E-state index contributed by atoms with van der Waals surface area (Å²) in [5.74, 6) is -2.65. The third-order valence-electron chi connectivity index (χ3n) is 4.28. The molecule has 1 aromatic carbocycles. The molecule has 0 amide bonds. The Morgan fingerprint density at radius 3 is 2.58 bits per heavy atom. The van der Waals surface area contributed by atoms with Gasteiger partial charge in [-0.3, -0.25) is 4.40 Å². The van der Waals surface area contributed by atoms with E-state index in [2.05, 4.69) is 31.0 Å². The number of hydrogen-bond donors (Lipinski definition) is 0. The Labute approximate surface area is 145 Å². The summed E-state index contributed by atoms with van der Waals surface area (Å²) in [6.07, 6.45) is 1.95. The highest BCUT2D eigenvalue weighted by molar-refractivity contribution is 9.10. The second kappa shape index (κ2) is 5.35. The number of rotatable bonds is 3. The molecule has 0 saturated heterocycles. The van der Waals surface area contributed by atoms with Gasteiger partial charge in [0.1, 0.15) is 5.82 Å². The molecule has 0 radical (unpaired) electrons. The van der Waals surface area contributed by atoms with E-state index in [4.69, 9.17) is 6.57 Å². The highest BCUT2D eigenvalue weighted by atomic mass is 79.9. The Kier molecular flexibility index (Phi) is 3.39. The van der Waals surface area contributed by atoms with Gasteiger partial charge >= 0.3 is 0 Å². The van der Waals surface area contributed by atoms with E-state index in [9.17, 15) is 8.78 Å². The van der Waals surface area contributed by atoms with Crippen molar-refractivity contribution >= 4 is 27.3 Å². The molecule has 0 aliphatic heterocycles. The summed E-state index contributed by atoms with van der Waals surface area (Å²) >= 11 is 3.54. The van der Waals surface area contributed by atoms with Gasteiger partial charge in [0.25, 0.3) is 5.92 Å². The van der Waals surface area contributed by atoms with Crippen LogP contribution in [0.4, 0.5) is 14.5 Å². The van der Waals surface area contributed by atoms with E-state index in [1.807, 2.05) is 18.2 Å². The molecule has 0 spiro atoms. The fourth-order valence-electron chi connectivity index (χ4n) is 2.76. The normalized spacial score (nSPS) is 18.5. The minimum Gasteiger partial charge on any atom is -0.285 e. The monoisotopic (exact) mass is 388 g/mol. The van der Waals surface area contributed by atoms with Crippen LogP contribution in [0.2, 0.25) is 0 Å². The van der Waals surface area contributed by atoms with Crippen molar-refractivity contribution in [2.24, 2.45) is 5.92 Å². The summed E-state index contributed by atoms with van der Waals surface area (Å²) in [6, 6.07) is 9.13. The molecule has 2 heterocycles. The molecule has 120 valence electrons. The van der Waals surface area contributed by atoms with Crippen molar-refractivity contribution in [2.45, 2.75) is 18.8 Å². The van der Waals surface area contributed by atoms with Crippen LogP contribution in [-0.4, -0.2) is 20.5 Å². The predicted molar refractivity (Wildman–Crippen MR) is 89.1 cm³/mol. The van der Waals surface area contributed by atoms with Crippen LogP contribution in [0, 0.1) is 12.5 Å². The first kappa shape index (κ1) is 15.2. The van der Waals surface area contributed by atoms with Gasteiger partial charge < -0.3 is 0 Å². The number of nitrogens with zero attached hydrogens (tertiary/aromatic N) is 4. The molecule has 4 nitrogen and oxygen atoms in total. The maximum Gasteiger partial charge on any atom is 0.252 e. The maximum atomic E-state index is 13.1. The van der Waals surface area contributed by atoms with E-state index in [1.165, 1.54) is 0 Å². The van der Waals surface area contributed by atoms with Crippen molar-refractivity contribution < 1.29 is 8.78 Å². The number of benzene rings is 1. The minimum absolute atomic E-state index is 0.0748. The van der Waals surface area contributed by atoms with E-state index in [-0.39, 0.29) is 12.8 Å². The molecule has 2 aromatic heterocycles. The van der Waals surface area contributed by atoms with Crippen LogP contribution < -0.4 is 0 Å². The van der Waals surface area contributed by atoms with Crippen LogP contribution in [0.3, 0.4) is 0 Å². The van der Waals surface area contributed by atoms with Gasteiger partial charge in [0.2, 0.25) is 0 Å². The van der Waals surface area contributed by atoms with Crippen LogP contribution in [0.5, 0.6) is 0 Å². The van der Waals surface area contributed by atoms with Crippen LogP contribution in [-0.2, 0) is 6.42 Å². The lowest BCUT2D eigenvalue weighted by atomic mass is 10.1. The largest absolute Gasteiger partial charge is 0.285 e. The highest BCUT2D eigenvalue weighted by Crippen LogP contribution is 2.50. The predicted octanol–water partition coefficient (Wildman–Crippen LogP) is 4.91. The minimum atomic E-state index is -2.56. The molecular formula is C17H11BrF2N4. The van der Waals surface area contributed by atoms with Gasteiger partial charge in [-0.2, -0.15) is 0 Å². The van der Waals surface area contributed by atoms with Gasteiger partial charge in [0, 0.05) is 30.5 Å². The van der Waals surface area contributed by atoms with Crippen molar-refractivity contribution in [1.82, 2.24) is 14.6 Å². The van der Waals surface area contributed by atoms with Crippen molar-refractivity contribution in [3.05, 3.63) is 58.2 Å². The number of aromatic nitrogens is 3. The summed E-state index contributed by atoms with van der Waals surface area (Å²) in [6.45, 7) is 7.00. The quantitative estimate of drug-likeness (QED) is 0.597. The molecule has 0 bridgehead atoms. The summed E-state index contributed by atoms with van der Waals surface area (Å²) in [7, 11) is 0. The smallest absolute Gasteiger partial charge is 0.252 e. The lowest BCUT2D eigenvalue weighted by Gasteiger charge is -2.07. The fraction of sp³-hybridized carbons (Fsp3) is 0.235. The molecule has 3 aromatic rings. The molecule has 1 unspecified atom stereocenters.